The summed E-state index contributed by atoms with van der Waals surface area (Å²) in [6.07, 6.45) is 1.74. The molecule has 0 N–H and O–H groups in total. The fourth-order valence-electron chi connectivity index (χ4n) is 2.08. The minimum atomic E-state index is -3.54. The van der Waals surface area contributed by atoms with Gasteiger partial charge in [0.1, 0.15) is 5.82 Å². The van der Waals surface area contributed by atoms with Gasteiger partial charge in [0.2, 0.25) is 10.0 Å². The lowest BCUT2D eigenvalue weighted by molar-refractivity contribution is 0.0864. The van der Waals surface area contributed by atoms with Gasteiger partial charge in [0.25, 0.3) is 5.91 Å². The Morgan fingerprint density at radius 2 is 1.95 bits per heavy atom. The van der Waals surface area contributed by atoms with Gasteiger partial charge in [-0.3, -0.25) is 4.79 Å². The summed E-state index contributed by atoms with van der Waals surface area (Å²) < 4.78 is 38.3. The molecule has 0 saturated carbocycles. The monoisotopic (exact) mass is 310 g/mol. The molecule has 0 radical (unpaired) electrons. The predicted octanol–water partition coefficient (Wildman–Crippen LogP) is 0.582. The summed E-state index contributed by atoms with van der Waals surface area (Å²) in [4.78, 5) is 12.1. The van der Waals surface area contributed by atoms with Crippen molar-refractivity contribution in [1.29, 1.82) is 0 Å². The van der Waals surface area contributed by atoms with Crippen molar-refractivity contribution in [2.24, 2.45) is 0 Å². The molecule has 1 aromatic carbocycles. The van der Waals surface area contributed by atoms with Gasteiger partial charge in [-0.2, -0.15) is 0 Å². The van der Waals surface area contributed by atoms with Crippen LogP contribution in [0.15, 0.2) is 30.5 Å². The summed E-state index contributed by atoms with van der Waals surface area (Å²) in [7, 11) is -3.54. The summed E-state index contributed by atoms with van der Waals surface area (Å²) in [5.41, 5.74) is 0.456. The van der Waals surface area contributed by atoms with Crippen LogP contribution in [0.3, 0.4) is 0 Å². The Labute approximate surface area is 120 Å². The first-order valence-corrected chi connectivity index (χ1v) is 7.81. The van der Waals surface area contributed by atoms with E-state index in [2.05, 4.69) is 10.3 Å². The Kier molecular flexibility index (Phi) is 3.20. The van der Waals surface area contributed by atoms with Gasteiger partial charge in [-0.1, -0.05) is 5.21 Å². The van der Waals surface area contributed by atoms with Gasteiger partial charge in [0.15, 0.2) is 5.69 Å². The van der Waals surface area contributed by atoms with Gasteiger partial charge in [0.05, 0.1) is 17.6 Å². The van der Waals surface area contributed by atoms with Crippen LogP contribution in [0, 0.1) is 5.82 Å². The molecule has 0 aliphatic carbocycles. The van der Waals surface area contributed by atoms with Crippen molar-refractivity contribution in [2.75, 3.05) is 12.3 Å². The molecule has 0 bridgehead atoms. The largest absolute Gasteiger partial charge is 0.289 e. The highest BCUT2D eigenvalue weighted by Crippen LogP contribution is 2.17. The summed E-state index contributed by atoms with van der Waals surface area (Å²) >= 11 is 0. The normalized spacial score (nSPS) is 17.1. The zero-order valence-corrected chi connectivity index (χ0v) is 11.6. The van der Waals surface area contributed by atoms with Crippen LogP contribution in [0.1, 0.15) is 16.9 Å². The molecule has 110 valence electrons. The smallest absolute Gasteiger partial charge is 0.266 e. The average Bonchev–Trinajstić information content (AvgIpc) is 3.05. The Morgan fingerprint density at radius 3 is 2.57 bits per heavy atom. The molecule has 2 heterocycles. The van der Waals surface area contributed by atoms with E-state index in [0.29, 0.717) is 12.1 Å². The summed E-state index contributed by atoms with van der Waals surface area (Å²) in [5, 5.41) is 7.45. The molecule has 3 rings (SSSR count). The van der Waals surface area contributed by atoms with Gasteiger partial charge >= 0.3 is 0 Å². The summed E-state index contributed by atoms with van der Waals surface area (Å²) in [6.45, 7) is 0.157. The Bertz CT molecular complexity index is 785. The molecular formula is C12H11FN4O3S. The second-order valence-electron chi connectivity index (χ2n) is 4.57. The van der Waals surface area contributed by atoms with E-state index in [9.17, 15) is 17.6 Å². The van der Waals surface area contributed by atoms with Gasteiger partial charge in [0, 0.05) is 6.54 Å². The molecule has 0 unspecified atom stereocenters. The molecule has 2 aromatic rings. The first-order chi connectivity index (χ1) is 9.97. The zero-order chi connectivity index (χ0) is 15.0. The lowest BCUT2D eigenvalue weighted by Crippen LogP contribution is -2.32. The van der Waals surface area contributed by atoms with Crippen molar-refractivity contribution in [3.8, 4) is 5.69 Å². The number of aromatic nitrogens is 3. The Morgan fingerprint density at radius 1 is 1.24 bits per heavy atom. The molecule has 21 heavy (non-hydrogen) atoms. The van der Waals surface area contributed by atoms with Gasteiger partial charge < -0.3 is 0 Å². The van der Waals surface area contributed by atoms with Crippen molar-refractivity contribution < 1.29 is 17.6 Å². The number of hydrogen-bond acceptors (Lipinski definition) is 5. The fourth-order valence-corrected chi connectivity index (χ4v) is 3.55. The summed E-state index contributed by atoms with van der Waals surface area (Å²) in [5.74, 6) is -1.12. The third-order valence-corrected chi connectivity index (χ3v) is 4.95. The number of amides is 1. The van der Waals surface area contributed by atoms with Crippen molar-refractivity contribution in [3.63, 3.8) is 0 Å². The number of hydrogen-bond donors (Lipinski definition) is 0. The SMILES string of the molecule is O=C(c1cn(-c2ccc(F)cc2)nn1)N1CCCS1(=O)=O. The number of rotatable bonds is 2. The van der Waals surface area contributed by atoms with E-state index in [-0.39, 0.29) is 18.0 Å². The van der Waals surface area contributed by atoms with E-state index in [1.165, 1.54) is 35.1 Å². The quantitative estimate of drug-likeness (QED) is 0.810. The minimum Gasteiger partial charge on any atom is -0.266 e. The highest BCUT2D eigenvalue weighted by Gasteiger charge is 2.34. The minimum absolute atomic E-state index is 0.0369. The molecule has 7 nitrogen and oxygen atoms in total. The highest BCUT2D eigenvalue weighted by molar-refractivity contribution is 7.89. The standard InChI is InChI=1S/C12H11FN4O3S/c13-9-2-4-10(5-3-9)16-8-11(14-15-16)12(18)17-6-1-7-21(17,19)20/h2-5,8H,1,6-7H2. The highest BCUT2D eigenvalue weighted by atomic mass is 32.2. The lowest BCUT2D eigenvalue weighted by Gasteiger charge is -2.12. The van der Waals surface area contributed by atoms with Crippen LogP contribution < -0.4 is 0 Å². The second kappa shape index (κ2) is 4.92. The van der Waals surface area contributed by atoms with Crippen molar-refractivity contribution in [2.45, 2.75) is 6.42 Å². The Balaban J connectivity index is 1.88. The van der Waals surface area contributed by atoms with Crippen molar-refractivity contribution >= 4 is 15.9 Å². The first kappa shape index (κ1) is 13.7. The van der Waals surface area contributed by atoms with Crippen LogP contribution in [0.2, 0.25) is 0 Å². The topological polar surface area (TPSA) is 85.2 Å². The average molecular weight is 310 g/mol. The number of carbonyl (C=O) groups excluding carboxylic acids is 1. The van der Waals surface area contributed by atoms with Gasteiger partial charge in [-0.15, -0.1) is 5.10 Å². The zero-order valence-electron chi connectivity index (χ0n) is 10.8. The van der Waals surface area contributed by atoms with Gasteiger partial charge in [-0.25, -0.2) is 21.8 Å². The predicted molar refractivity (Wildman–Crippen MR) is 70.8 cm³/mol. The molecule has 1 fully saturated rings. The molecule has 1 saturated heterocycles. The number of sulfonamides is 1. The maximum absolute atomic E-state index is 12.9. The second-order valence-corrected chi connectivity index (χ2v) is 6.58. The molecular weight excluding hydrogens is 299 g/mol. The molecule has 1 aromatic heterocycles. The molecule has 1 aliphatic rings. The van der Waals surface area contributed by atoms with Crippen LogP contribution in [0.5, 0.6) is 0 Å². The van der Waals surface area contributed by atoms with E-state index >= 15 is 0 Å². The first-order valence-electron chi connectivity index (χ1n) is 6.20. The molecule has 1 amide bonds. The van der Waals surface area contributed by atoms with E-state index in [1.807, 2.05) is 0 Å². The number of nitrogens with zero attached hydrogens (tertiary/aromatic N) is 4. The van der Waals surface area contributed by atoms with E-state index in [0.717, 1.165) is 4.31 Å². The van der Waals surface area contributed by atoms with Crippen LogP contribution in [0.25, 0.3) is 5.69 Å². The van der Waals surface area contributed by atoms with E-state index < -0.39 is 21.7 Å². The maximum atomic E-state index is 12.9. The number of benzene rings is 1. The maximum Gasteiger partial charge on any atom is 0.289 e. The van der Waals surface area contributed by atoms with E-state index in [4.69, 9.17) is 0 Å². The van der Waals surface area contributed by atoms with Crippen molar-refractivity contribution in [1.82, 2.24) is 19.3 Å². The molecule has 1 aliphatic heterocycles. The molecule has 9 heteroatoms. The fraction of sp³-hybridized carbons (Fsp3) is 0.250. The van der Waals surface area contributed by atoms with Gasteiger partial charge in [-0.05, 0) is 30.7 Å². The third-order valence-electron chi connectivity index (χ3n) is 3.13. The number of carbonyl (C=O) groups is 1. The number of halogens is 1. The van der Waals surface area contributed by atoms with Crippen LogP contribution in [-0.2, 0) is 10.0 Å². The van der Waals surface area contributed by atoms with Crippen LogP contribution in [0.4, 0.5) is 4.39 Å². The van der Waals surface area contributed by atoms with Crippen LogP contribution in [-0.4, -0.2) is 45.9 Å². The Hall–Kier alpha value is -2.29. The summed E-state index contributed by atoms with van der Waals surface area (Å²) in [6, 6.07) is 5.46. The van der Waals surface area contributed by atoms with Crippen LogP contribution >= 0.6 is 0 Å². The van der Waals surface area contributed by atoms with Crippen molar-refractivity contribution in [3.05, 3.63) is 42.0 Å². The lowest BCUT2D eigenvalue weighted by atomic mass is 10.3. The molecule has 0 atom stereocenters. The molecule has 0 spiro atoms. The van der Waals surface area contributed by atoms with E-state index in [1.54, 1.807) is 0 Å². The third kappa shape index (κ3) is 2.51.